The van der Waals surface area contributed by atoms with Gasteiger partial charge in [-0.3, -0.25) is 4.79 Å². The maximum atomic E-state index is 12.3. The monoisotopic (exact) mass is 331 g/mol. The lowest BCUT2D eigenvalue weighted by Gasteiger charge is -2.29. The second-order valence-corrected chi connectivity index (χ2v) is 6.00. The number of alkyl halides is 1. The summed E-state index contributed by atoms with van der Waals surface area (Å²) in [4.78, 5) is 12.3. The van der Waals surface area contributed by atoms with Crippen LogP contribution in [0.25, 0.3) is 0 Å². The molecule has 1 aromatic carbocycles. The van der Waals surface area contributed by atoms with Gasteiger partial charge in [-0.1, -0.05) is 40.5 Å². The molecule has 0 fully saturated rings. The SMILES string of the molecule is CCC(C)(CCBr)NC(=O)c1cc(Cl)ccc1C. The van der Waals surface area contributed by atoms with Crippen LogP contribution in [0.5, 0.6) is 0 Å². The minimum Gasteiger partial charge on any atom is -0.347 e. The Morgan fingerprint density at radius 1 is 1.50 bits per heavy atom. The van der Waals surface area contributed by atoms with Gasteiger partial charge in [0.15, 0.2) is 0 Å². The number of amides is 1. The summed E-state index contributed by atoms with van der Waals surface area (Å²) < 4.78 is 0. The van der Waals surface area contributed by atoms with Crippen LogP contribution in [-0.4, -0.2) is 16.8 Å². The second kappa shape index (κ2) is 6.58. The first kappa shape index (κ1) is 15.5. The Labute approximate surface area is 122 Å². The number of hydrogen-bond donors (Lipinski definition) is 1. The van der Waals surface area contributed by atoms with E-state index in [-0.39, 0.29) is 11.4 Å². The van der Waals surface area contributed by atoms with Crippen molar-refractivity contribution in [1.82, 2.24) is 5.32 Å². The van der Waals surface area contributed by atoms with Crippen LogP contribution in [-0.2, 0) is 0 Å². The first-order valence-corrected chi connectivity index (χ1v) is 7.56. The zero-order valence-electron chi connectivity index (χ0n) is 11.0. The Bertz CT molecular complexity index is 436. The predicted octanol–water partition coefficient (Wildman–Crippen LogP) is 4.33. The molecule has 1 unspecified atom stereocenters. The summed E-state index contributed by atoms with van der Waals surface area (Å²) in [6.07, 6.45) is 1.79. The standard InChI is InChI=1S/C14H19BrClNO/c1-4-14(3,7-8-15)17-13(18)12-9-11(16)6-5-10(12)2/h5-6,9H,4,7-8H2,1-3H3,(H,17,18). The average molecular weight is 333 g/mol. The molecule has 0 spiro atoms. The van der Waals surface area contributed by atoms with E-state index < -0.39 is 0 Å². The van der Waals surface area contributed by atoms with Crippen LogP contribution >= 0.6 is 27.5 Å². The molecule has 0 aromatic heterocycles. The topological polar surface area (TPSA) is 29.1 Å². The predicted molar refractivity (Wildman–Crippen MR) is 80.8 cm³/mol. The molecule has 1 atom stereocenters. The molecule has 1 amide bonds. The number of aryl methyl sites for hydroxylation is 1. The number of carbonyl (C=O) groups is 1. The highest BCUT2D eigenvalue weighted by Crippen LogP contribution is 2.19. The molecule has 0 saturated carbocycles. The molecule has 18 heavy (non-hydrogen) atoms. The maximum Gasteiger partial charge on any atom is 0.252 e. The van der Waals surface area contributed by atoms with E-state index in [0.29, 0.717) is 10.6 Å². The lowest BCUT2D eigenvalue weighted by molar-refractivity contribution is 0.0901. The molecule has 100 valence electrons. The number of rotatable bonds is 5. The van der Waals surface area contributed by atoms with Crippen LogP contribution in [0.3, 0.4) is 0 Å². The van der Waals surface area contributed by atoms with Crippen molar-refractivity contribution < 1.29 is 4.79 Å². The van der Waals surface area contributed by atoms with Crippen molar-refractivity contribution >= 4 is 33.4 Å². The number of benzene rings is 1. The summed E-state index contributed by atoms with van der Waals surface area (Å²) in [5.41, 5.74) is 1.40. The van der Waals surface area contributed by atoms with E-state index in [0.717, 1.165) is 23.7 Å². The number of halogens is 2. The van der Waals surface area contributed by atoms with Crippen molar-refractivity contribution in [3.05, 3.63) is 34.3 Å². The Morgan fingerprint density at radius 3 is 2.72 bits per heavy atom. The van der Waals surface area contributed by atoms with Gasteiger partial charge >= 0.3 is 0 Å². The zero-order valence-corrected chi connectivity index (χ0v) is 13.4. The average Bonchev–Trinajstić information content (AvgIpc) is 2.32. The molecule has 0 aliphatic heterocycles. The molecule has 4 heteroatoms. The Hall–Kier alpha value is -0.540. The molecule has 0 saturated heterocycles. The molecular weight excluding hydrogens is 314 g/mol. The van der Waals surface area contributed by atoms with E-state index in [1.54, 1.807) is 12.1 Å². The molecule has 0 radical (unpaired) electrons. The lowest BCUT2D eigenvalue weighted by atomic mass is 9.94. The first-order valence-electron chi connectivity index (χ1n) is 6.06. The molecular formula is C14H19BrClNO. The Balaban J connectivity index is 2.90. The highest BCUT2D eigenvalue weighted by Gasteiger charge is 2.24. The van der Waals surface area contributed by atoms with Crippen LogP contribution in [0.4, 0.5) is 0 Å². The van der Waals surface area contributed by atoms with Gasteiger partial charge in [-0.15, -0.1) is 0 Å². The number of nitrogens with one attached hydrogen (secondary N) is 1. The molecule has 1 aromatic rings. The third-order valence-corrected chi connectivity index (χ3v) is 3.92. The second-order valence-electron chi connectivity index (χ2n) is 4.77. The van der Waals surface area contributed by atoms with E-state index in [2.05, 4.69) is 35.1 Å². The molecule has 0 aliphatic carbocycles. The summed E-state index contributed by atoms with van der Waals surface area (Å²) in [5, 5.41) is 4.56. The van der Waals surface area contributed by atoms with Gasteiger partial charge in [0.05, 0.1) is 0 Å². The fraction of sp³-hybridized carbons (Fsp3) is 0.500. The van der Waals surface area contributed by atoms with Crippen molar-refractivity contribution in [3.8, 4) is 0 Å². The highest BCUT2D eigenvalue weighted by molar-refractivity contribution is 9.09. The van der Waals surface area contributed by atoms with Crippen molar-refractivity contribution in [2.75, 3.05) is 5.33 Å². The molecule has 0 heterocycles. The molecule has 1 rings (SSSR count). The van der Waals surface area contributed by atoms with E-state index >= 15 is 0 Å². The van der Waals surface area contributed by atoms with Gasteiger partial charge in [0, 0.05) is 21.5 Å². The molecule has 0 aliphatic rings. The van der Waals surface area contributed by atoms with E-state index in [9.17, 15) is 4.79 Å². The first-order chi connectivity index (χ1) is 8.41. The van der Waals surface area contributed by atoms with Gasteiger partial charge in [0.2, 0.25) is 0 Å². The van der Waals surface area contributed by atoms with E-state index in [1.165, 1.54) is 0 Å². The van der Waals surface area contributed by atoms with Gasteiger partial charge in [-0.25, -0.2) is 0 Å². The Kier molecular flexibility index (Phi) is 5.67. The normalized spacial score (nSPS) is 14.1. The van der Waals surface area contributed by atoms with Crippen LogP contribution < -0.4 is 5.32 Å². The summed E-state index contributed by atoms with van der Waals surface area (Å²) in [6, 6.07) is 5.38. The third-order valence-electron chi connectivity index (χ3n) is 3.29. The molecule has 0 bridgehead atoms. The smallest absolute Gasteiger partial charge is 0.252 e. The Morgan fingerprint density at radius 2 is 2.17 bits per heavy atom. The van der Waals surface area contributed by atoms with Gasteiger partial charge in [0.1, 0.15) is 0 Å². The summed E-state index contributed by atoms with van der Waals surface area (Å²) in [5.74, 6) is -0.0553. The van der Waals surface area contributed by atoms with Gasteiger partial charge < -0.3 is 5.32 Å². The van der Waals surface area contributed by atoms with Crippen LogP contribution in [0.15, 0.2) is 18.2 Å². The minimum atomic E-state index is -0.185. The van der Waals surface area contributed by atoms with Crippen LogP contribution in [0, 0.1) is 6.92 Å². The largest absolute Gasteiger partial charge is 0.347 e. The number of hydrogen-bond acceptors (Lipinski definition) is 1. The summed E-state index contributed by atoms with van der Waals surface area (Å²) >= 11 is 9.37. The van der Waals surface area contributed by atoms with Gasteiger partial charge in [-0.05, 0) is 44.4 Å². The van der Waals surface area contributed by atoms with Crippen molar-refractivity contribution in [2.45, 2.75) is 39.2 Å². The fourth-order valence-corrected chi connectivity index (χ4v) is 2.76. The van der Waals surface area contributed by atoms with Gasteiger partial charge in [0.25, 0.3) is 5.91 Å². The molecule has 2 nitrogen and oxygen atoms in total. The zero-order chi connectivity index (χ0) is 13.8. The van der Waals surface area contributed by atoms with Gasteiger partial charge in [-0.2, -0.15) is 0 Å². The van der Waals surface area contributed by atoms with Crippen molar-refractivity contribution in [2.24, 2.45) is 0 Å². The highest BCUT2D eigenvalue weighted by atomic mass is 79.9. The summed E-state index contributed by atoms with van der Waals surface area (Å²) in [7, 11) is 0. The van der Waals surface area contributed by atoms with Crippen molar-refractivity contribution in [3.63, 3.8) is 0 Å². The van der Waals surface area contributed by atoms with Crippen LogP contribution in [0.2, 0.25) is 5.02 Å². The number of carbonyl (C=O) groups excluding carboxylic acids is 1. The maximum absolute atomic E-state index is 12.3. The van der Waals surface area contributed by atoms with E-state index in [1.807, 2.05) is 13.0 Å². The quantitative estimate of drug-likeness (QED) is 0.799. The van der Waals surface area contributed by atoms with E-state index in [4.69, 9.17) is 11.6 Å². The molecule has 1 N–H and O–H groups in total. The lowest BCUT2D eigenvalue weighted by Crippen LogP contribution is -2.46. The summed E-state index contributed by atoms with van der Waals surface area (Å²) in [6.45, 7) is 6.05. The van der Waals surface area contributed by atoms with Crippen molar-refractivity contribution in [1.29, 1.82) is 0 Å². The van der Waals surface area contributed by atoms with Crippen LogP contribution in [0.1, 0.15) is 42.6 Å². The minimum absolute atomic E-state index is 0.0553. The fourth-order valence-electron chi connectivity index (χ4n) is 1.72. The third kappa shape index (κ3) is 3.99.